The first-order valence-electron chi connectivity index (χ1n) is 6.58. The summed E-state index contributed by atoms with van der Waals surface area (Å²) in [6, 6.07) is 10.9. The van der Waals surface area contributed by atoms with Crippen molar-refractivity contribution in [1.29, 1.82) is 0 Å². The number of hydrogen-bond donors (Lipinski definition) is 2. The first kappa shape index (κ1) is 13.6. The lowest BCUT2D eigenvalue weighted by Gasteiger charge is -2.11. The van der Waals surface area contributed by atoms with Gasteiger partial charge in [-0.15, -0.1) is 0 Å². The molecule has 0 atom stereocenters. The highest BCUT2D eigenvalue weighted by molar-refractivity contribution is 6.35. The summed E-state index contributed by atoms with van der Waals surface area (Å²) < 4.78 is 0. The number of nitrogens with zero attached hydrogens (tertiary/aromatic N) is 2. The second kappa shape index (κ2) is 5.58. The fraction of sp³-hybridized carbons (Fsp3) is 0.125. The van der Waals surface area contributed by atoms with E-state index in [4.69, 9.17) is 11.6 Å². The monoisotopic (exact) mass is 299 g/mol. The zero-order valence-corrected chi connectivity index (χ0v) is 12.2. The van der Waals surface area contributed by atoms with Crippen molar-refractivity contribution in [3.63, 3.8) is 0 Å². The van der Waals surface area contributed by atoms with E-state index in [1.807, 2.05) is 31.2 Å². The van der Waals surface area contributed by atoms with Gasteiger partial charge in [0.15, 0.2) is 0 Å². The van der Waals surface area contributed by atoms with Gasteiger partial charge in [0, 0.05) is 17.3 Å². The maximum absolute atomic E-state index is 9.83. The van der Waals surface area contributed by atoms with Crippen molar-refractivity contribution in [2.45, 2.75) is 13.5 Å². The molecule has 0 aliphatic carbocycles. The molecule has 0 amide bonds. The van der Waals surface area contributed by atoms with Crippen molar-refractivity contribution in [1.82, 2.24) is 9.97 Å². The molecule has 0 spiro atoms. The van der Waals surface area contributed by atoms with Gasteiger partial charge in [-0.05, 0) is 43.3 Å². The number of fused-ring (bicyclic) bond motifs is 1. The van der Waals surface area contributed by atoms with Crippen LogP contribution in [0.3, 0.4) is 0 Å². The van der Waals surface area contributed by atoms with Gasteiger partial charge in [-0.2, -0.15) is 0 Å². The summed E-state index contributed by atoms with van der Waals surface area (Å²) in [5.74, 6) is 0.180. The summed E-state index contributed by atoms with van der Waals surface area (Å²) in [6.45, 7) is 2.31. The molecule has 2 aromatic heterocycles. The average Bonchev–Trinajstić information content (AvgIpc) is 2.50. The molecule has 3 rings (SSSR count). The molecular weight excluding hydrogens is 286 g/mol. The number of pyridine rings is 2. The number of hydrogen-bond acceptors (Lipinski definition) is 4. The predicted octanol–water partition coefficient (Wildman–Crippen LogP) is 3.91. The van der Waals surface area contributed by atoms with Crippen LogP contribution in [0, 0.1) is 6.92 Å². The van der Waals surface area contributed by atoms with Gasteiger partial charge in [-0.1, -0.05) is 11.6 Å². The van der Waals surface area contributed by atoms with Gasteiger partial charge >= 0.3 is 0 Å². The third-order valence-electron chi connectivity index (χ3n) is 3.25. The highest BCUT2D eigenvalue weighted by Crippen LogP contribution is 2.28. The Hall–Kier alpha value is -2.33. The highest BCUT2D eigenvalue weighted by Gasteiger charge is 2.07. The third kappa shape index (κ3) is 2.76. The van der Waals surface area contributed by atoms with E-state index >= 15 is 0 Å². The van der Waals surface area contributed by atoms with Crippen LogP contribution >= 0.6 is 11.6 Å². The molecule has 4 nitrogen and oxygen atoms in total. The Bertz CT molecular complexity index is 805. The average molecular weight is 300 g/mol. The molecule has 5 heteroatoms. The molecule has 1 aromatic carbocycles. The highest BCUT2D eigenvalue weighted by atomic mass is 35.5. The Labute approximate surface area is 127 Å². The summed E-state index contributed by atoms with van der Waals surface area (Å²) in [6.07, 6.45) is 1.73. The maximum Gasteiger partial charge on any atom is 0.138 e. The Kier molecular flexibility index (Phi) is 3.62. The van der Waals surface area contributed by atoms with Crippen molar-refractivity contribution >= 4 is 28.2 Å². The topological polar surface area (TPSA) is 58.0 Å². The molecule has 0 aliphatic heterocycles. The van der Waals surface area contributed by atoms with Gasteiger partial charge in [0.1, 0.15) is 11.4 Å². The van der Waals surface area contributed by atoms with Gasteiger partial charge in [0.05, 0.1) is 22.8 Å². The lowest BCUT2D eigenvalue weighted by atomic mass is 10.2. The summed E-state index contributed by atoms with van der Waals surface area (Å²) in [5.41, 5.74) is 3.13. The van der Waals surface area contributed by atoms with Gasteiger partial charge in [0.2, 0.25) is 0 Å². The molecule has 3 aromatic rings. The minimum Gasteiger partial charge on any atom is -0.506 e. The summed E-state index contributed by atoms with van der Waals surface area (Å²) in [5, 5.41) is 14.6. The van der Waals surface area contributed by atoms with Crippen molar-refractivity contribution in [3.8, 4) is 5.75 Å². The minimum atomic E-state index is 0.180. The van der Waals surface area contributed by atoms with Crippen LogP contribution in [0.1, 0.15) is 11.4 Å². The third-order valence-corrected chi connectivity index (χ3v) is 3.58. The summed E-state index contributed by atoms with van der Waals surface area (Å²) >= 11 is 6.17. The minimum absolute atomic E-state index is 0.180. The van der Waals surface area contributed by atoms with Crippen LogP contribution in [0.5, 0.6) is 5.75 Å². The zero-order valence-electron chi connectivity index (χ0n) is 11.5. The predicted molar refractivity (Wildman–Crippen MR) is 84.7 cm³/mol. The number of halogens is 1. The molecule has 0 aliphatic rings. The van der Waals surface area contributed by atoms with Crippen LogP contribution in [-0.2, 0) is 6.54 Å². The molecular formula is C16H14ClN3O. The normalized spacial score (nSPS) is 10.8. The fourth-order valence-electron chi connectivity index (χ4n) is 2.19. The standard InChI is InChI=1S/C16H14ClN3O/c1-10-4-7-15(21)14(20-10)9-19-13-6-5-12(17)11-3-2-8-18-16(11)13/h2-8,19,21H,9H2,1H3. The van der Waals surface area contributed by atoms with Crippen LogP contribution in [0.25, 0.3) is 10.9 Å². The van der Waals surface area contributed by atoms with Gasteiger partial charge in [-0.3, -0.25) is 9.97 Å². The van der Waals surface area contributed by atoms with Gasteiger partial charge < -0.3 is 10.4 Å². The van der Waals surface area contributed by atoms with Crippen molar-refractivity contribution in [2.75, 3.05) is 5.32 Å². The van der Waals surface area contributed by atoms with Crippen LogP contribution < -0.4 is 5.32 Å². The molecule has 21 heavy (non-hydrogen) atoms. The molecule has 2 heterocycles. The van der Waals surface area contributed by atoms with E-state index in [2.05, 4.69) is 15.3 Å². The van der Waals surface area contributed by atoms with E-state index in [0.717, 1.165) is 22.3 Å². The molecule has 2 N–H and O–H groups in total. The van der Waals surface area contributed by atoms with E-state index in [9.17, 15) is 5.11 Å². The fourth-order valence-corrected chi connectivity index (χ4v) is 2.41. The number of aromatic hydroxyl groups is 1. The molecule has 0 saturated heterocycles. The van der Waals surface area contributed by atoms with Crippen molar-refractivity contribution < 1.29 is 5.11 Å². The smallest absolute Gasteiger partial charge is 0.138 e. The lowest BCUT2D eigenvalue weighted by Crippen LogP contribution is -2.03. The quantitative estimate of drug-likeness (QED) is 0.770. The van der Waals surface area contributed by atoms with Crippen LogP contribution in [0.4, 0.5) is 5.69 Å². The lowest BCUT2D eigenvalue weighted by molar-refractivity contribution is 0.464. The van der Waals surface area contributed by atoms with Gasteiger partial charge in [0.25, 0.3) is 0 Å². The van der Waals surface area contributed by atoms with E-state index in [0.29, 0.717) is 17.3 Å². The van der Waals surface area contributed by atoms with Crippen molar-refractivity contribution in [3.05, 3.63) is 59.0 Å². The number of benzene rings is 1. The van der Waals surface area contributed by atoms with E-state index in [1.54, 1.807) is 18.3 Å². The van der Waals surface area contributed by atoms with Crippen LogP contribution in [-0.4, -0.2) is 15.1 Å². The molecule has 0 radical (unpaired) electrons. The first-order valence-corrected chi connectivity index (χ1v) is 6.95. The Morgan fingerprint density at radius 3 is 2.90 bits per heavy atom. The number of aromatic nitrogens is 2. The first-order chi connectivity index (χ1) is 10.1. The zero-order chi connectivity index (χ0) is 14.8. The molecule has 0 saturated carbocycles. The van der Waals surface area contributed by atoms with E-state index < -0.39 is 0 Å². The number of anilines is 1. The number of nitrogens with one attached hydrogen (secondary N) is 1. The molecule has 106 valence electrons. The second-order valence-electron chi connectivity index (χ2n) is 4.77. The van der Waals surface area contributed by atoms with Gasteiger partial charge in [-0.25, -0.2) is 0 Å². The summed E-state index contributed by atoms with van der Waals surface area (Å²) in [7, 11) is 0. The maximum atomic E-state index is 9.83. The van der Waals surface area contributed by atoms with E-state index in [-0.39, 0.29) is 5.75 Å². The SMILES string of the molecule is Cc1ccc(O)c(CNc2ccc(Cl)c3cccnc23)n1. The summed E-state index contributed by atoms with van der Waals surface area (Å²) in [4.78, 5) is 8.69. The Morgan fingerprint density at radius 1 is 1.19 bits per heavy atom. The second-order valence-corrected chi connectivity index (χ2v) is 5.17. The molecule has 0 unspecified atom stereocenters. The Balaban J connectivity index is 1.92. The molecule has 0 bridgehead atoms. The number of aryl methyl sites for hydroxylation is 1. The largest absolute Gasteiger partial charge is 0.506 e. The van der Waals surface area contributed by atoms with Crippen LogP contribution in [0.2, 0.25) is 5.02 Å². The molecule has 0 fully saturated rings. The van der Waals surface area contributed by atoms with Crippen LogP contribution in [0.15, 0.2) is 42.6 Å². The Morgan fingerprint density at radius 2 is 2.05 bits per heavy atom. The van der Waals surface area contributed by atoms with Crippen molar-refractivity contribution in [2.24, 2.45) is 0 Å². The van der Waals surface area contributed by atoms with E-state index in [1.165, 1.54) is 0 Å². The number of rotatable bonds is 3.